The van der Waals surface area contributed by atoms with Crippen molar-refractivity contribution >= 4 is 27.1 Å². The Morgan fingerprint density at radius 1 is 1.27 bits per heavy atom. The number of sulfone groups is 1. The normalized spacial score (nSPS) is 17.5. The van der Waals surface area contributed by atoms with E-state index in [0.29, 0.717) is 6.54 Å². The molecule has 1 N–H and O–H groups in total. The van der Waals surface area contributed by atoms with Crippen molar-refractivity contribution in [2.24, 2.45) is 4.99 Å². The van der Waals surface area contributed by atoms with Crippen molar-refractivity contribution in [1.29, 1.82) is 0 Å². The highest BCUT2D eigenvalue weighted by Gasteiger charge is 2.28. The highest BCUT2D eigenvalue weighted by Crippen LogP contribution is 2.16. The molecule has 2 heterocycles. The number of nitrogens with one attached hydrogen (secondary N) is 1. The fourth-order valence-corrected chi connectivity index (χ4v) is 4.43. The minimum atomic E-state index is -3.14. The van der Waals surface area contributed by atoms with Crippen LogP contribution in [0, 0.1) is 0 Å². The van der Waals surface area contributed by atoms with Crippen molar-refractivity contribution in [2.45, 2.75) is 39.0 Å². The van der Waals surface area contributed by atoms with Crippen LogP contribution in [0.2, 0.25) is 0 Å². The van der Waals surface area contributed by atoms with E-state index in [0.717, 1.165) is 45.2 Å². The molecule has 0 bridgehead atoms. The third-order valence-electron chi connectivity index (χ3n) is 4.52. The molecule has 0 aromatic carbocycles. The fraction of sp³-hybridized carbons (Fsp3) is 0.722. The monoisotopic (exact) mass is 400 g/mol. The molecule has 0 amide bonds. The molecule has 1 fully saturated rings. The molecule has 0 unspecified atom stereocenters. The molecule has 148 valence electrons. The standard InChI is InChI=1S/C18H32N4O2S2/c1-5-19-17(20-8-14-26(23,24)18(2,3)4)22-11-9-21(10-12-22)15-16-7-6-13-25-16/h6-7,13H,5,8-12,14-15H2,1-4H3,(H,19,20). The zero-order chi connectivity index (χ0) is 19.2. The summed E-state index contributed by atoms with van der Waals surface area (Å²) in [5.41, 5.74) is 0. The Kier molecular flexibility index (Phi) is 7.49. The van der Waals surface area contributed by atoms with Gasteiger partial charge in [-0.2, -0.15) is 0 Å². The third kappa shape index (κ3) is 5.96. The van der Waals surface area contributed by atoms with Gasteiger partial charge in [-0.1, -0.05) is 6.07 Å². The number of aliphatic imine (C=N–C) groups is 1. The number of thiophene rings is 1. The van der Waals surface area contributed by atoms with Crippen LogP contribution in [0.1, 0.15) is 32.6 Å². The van der Waals surface area contributed by atoms with Crippen molar-refractivity contribution in [3.05, 3.63) is 22.4 Å². The van der Waals surface area contributed by atoms with Crippen LogP contribution >= 0.6 is 11.3 Å². The lowest BCUT2D eigenvalue weighted by Gasteiger charge is -2.36. The van der Waals surface area contributed by atoms with Gasteiger partial charge in [-0.15, -0.1) is 11.3 Å². The van der Waals surface area contributed by atoms with E-state index in [1.165, 1.54) is 4.88 Å². The van der Waals surface area contributed by atoms with E-state index in [-0.39, 0.29) is 5.75 Å². The van der Waals surface area contributed by atoms with Crippen LogP contribution in [0.5, 0.6) is 0 Å². The zero-order valence-corrected chi connectivity index (χ0v) is 18.0. The van der Waals surface area contributed by atoms with Gasteiger partial charge in [0.15, 0.2) is 15.8 Å². The number of nitrogens with zero attached hydrogens (tertiary/aromatic N) is 3. The SMILES string of the molecule is CCNC(=NCCS(=O)(=O)C(C)(C)C)N1CCN(Cc2cccs2)CC1. The van der Waals surface area contributed by atoms with E-state index in [9.17, 15) is 8.42 Å². The van der Waals surface area contributed by atoms with Gasteiger partial charge in [-0.25, -0.2) is 8.42 Å². The molecule has 1 aliphatic heterocycles. The van der Waals surface area contributed by atoms with Crippen LogP contribution in [-0.2, 0) is 16.4 Å². The van der Waals surface area contributed by atoms with Gasteiger partial charge in [-0.05, 0) is 39.1 Å². The molecule has 8 heteroatoms. The second kappa shape index (κ2) is 9.19. The Morgan fingerprint density at radius 3 is 2.50 bits per heavy atom. The van der Waals surface area contributed by atoms with Crippen LogP contribution in [0.15, 0.2) is 22.5 Å². The molecule has 0 saturated carbocycles. The lowest BCUT2D eigenvalue weighted by molar-refractivity contribution is 0.174. The molecule has 26 heavy (non-hydrogen) atoms. The number of rotatable bonds is 6. The smallest absolute Gasteiger partial charge is 0.194 e. The first kappa shape index (κ1) is 21.2. The number of guanidine groups is 1. The van der Waals surface area contributed by atoms with Crippen LogP contribution < -0.4 is 5.32 Å². The van der Waals surface area contributed by atoms with E-state index in [1.54, 1.807) is 32.1 Å². The first-order valence-corrected chi connectivity index (χ1v) is 11.8. The van der Waals surface area contributed by atoms with Gasteiger partial charge in [0, 0.05) is 44.1 Å². The average molecular weight is 401 g/mol. The van der Waals surface area contributed by atoms with E-state index < -0.39 is 14.6 Å². The van der Waals surface area contributed by atoms with Gasteiger partial charge in [0.2, 0.25) is 0 Å². The summed E-state index contributed by atoms with van der Waals surface area (Å²) >= 11 is 1.80. The second-order valence-corrected chi connectivity index (χ2v) is 11.4. The minimum Gasteiger partial charge on any atom is -0.357 e. The third-order valence-corrected chi connectivity index (χ3v) is 7.97. The van der Waals surface area contributed by atoms with E-state index >= 15 is 0 Å². The fourth-order valence-electron chi connectivity index (χ4n) is 2.74. The predicted octanol–water partition coefficient (Wildman–Crippen LogP) is 2.04. The van der Waals surface area contributed by atoms with Gasteiger partial charge in [-0.3, -0.25) is 9.89 Å². The molecule has 0 aliphatic carbocycles. The summed E-state index contributed by atoms with van der Waals surface area (Å²) in [5, 5.41) is 5.42. The molecule has 2 rings (SSSR count). The maximum Gasteiger partial charge on any atom is 0.194 e. The molecule has 1 aliphatic rings. The highest BCUT2D eigenvalue weighted by atomic mass is 32.2. The zero-order valence-electron chi connectivity index (χ0n) is 16.4. The number of hydrogen-bond donors (Lipinski definition) is 1. The summed E-state index contributed by atoms with van der Waals surface area (Å²) in [6, 6.07) is 4.27. The van der Waals surface area contributed by atoms with Gasteiger partial charge in [0.25, 0.3) is 0 Å². The maximum absolute atomic E-state index is 12.3. The summed E-state index contributed by atoms with van der Waals surface area (Å²) in [6.45, 7) is 13.1. The van der Waals surface area contributed by atoms with Crippen LogP contribution in [0.3, 0.4) is 0 Å². The molecule has 0 radical (unpaired) electrons. The van der Waals surface area contributed by atoms with Crippen LogP contribution in [-0.4, -0.2) is 73.9 Å². The highest BCUT2D eigenvalue weighted by molar-refractivity contribution is 7.92. The van der Waals surface area contributed by atoms with E-state index in [2.05, 4.69) is 37.6 Å². The average Bonchev–Trinajstić information content (AvgIpc) is 3.07. The van der Waals surface area contributed by atoms with Crippen LogP contribution in [0.4, 0.5) is 0 Å². The summed E-state index contributed by atoms with van der Waals surface area (Å²) in [5.74, 6) is 0.913. The lowest BCUT2D eigenvalue weighted by Crippen LogP contribution is -2.52. The van der Waals surface area contributed by atoms with Crippen LogP contribution in [0.25, 0.3) is 0 Å². The van der Waals surface area contributed by atoms with Gasteiger partial charge >= 0.3 is 0 Å². The Balaban J connectivity index is 1.89. The number of hydrogen-bond acceptors (Lipinski definition) is 5. The topological polar surface area (TPSA) is 65.0 Å². The Hall–Kier alpha value is -1.12. The molecule has 1 saturated heterocycles. The first-order valence-electron chi connectivity index (χ1n) is 9.23. The number of piperazine rings is 1. The van der Waals surface area contributed by atoms with Crippen molar-refractivity contribution in [3.63, 3.8) is 0 Å². The summed E-state index contributed by atoms with van der Waals surface area (Å²) in [6.07, 6.45) is 0. The molecule has 0 atom stereocenters. The quantitative estimate of drug-likeness (QED) is 0.585. The van der Waals surface area contributed by atoms with E-state index in [4.69, 9.17) is 0 Å². The summed E-state index contributed by atoms with van der Waals surface area (Å²) < 4.78 is 23.8. The molecular weight excluding hydrogens is 368 g/mol. The predicted molar refractivity (Wildman–Crippen MR) is 111 cm³/mol. The van der Waals surface area contributed by atoms with Gasteiger partial charge in [0.05, 0.1) is 17.0 Å². The first-order chi connectivity index (χ1) is 12.2. The molecule has 6 nitrogen and oxygen atoms in total. The van der Waals surface area contributed by atoms with Crippen molar-refractivity contribution in [2.75, 3.05) is 45.0 Å². The Morgan fingerprint density at radius 2 is 1.96 bits per heavy atom. The lowest BCUT2D eigenvalue weighted by atomic mass is 10.3. The molecular formula is C18H32N4O2S2. The summed E-state index contributed by atoms with van der Waals surface area (Å²) in [4.78, 5) is 10.7. The molecule has 1 aromatic rings. The Bertz CT molecular complexity index is 671. The minimum absolute atomic E-state index is 0.0870. The van der Waals surface area contributed by atoms with Gasteiger partial charge in [0.1, 0.15) is 0 Å². The molecule has 0 spiro atoms. The maximum atomic E-state index is 12.3. The van der Waals surface area contributed by atoms with Crippen molar-refractivity contribution < 1.29 is 8.42 Å². The molecule has 1 aromatic heterocycles. The second-order valence-electron chi connectivity index (χ2n) is 7.51. The van der Waals surface area contributed by atoms with Crippen molar-refractivity contribution in [3.8, 4) is 0 Å². The van der Waals surface area contributed by atoms with Gasteiger partial charge < -0.3 is 10.2 Å². The summed E-state index contributed by atoms with van der Waals surface area (Å²) in [7, 11) is -3.14. The van der Waals surface area contributed by atoms with E-state index in [1.807, 2.05) is 6.92 Å². The largest absolute Gasteiger partial charge is 0.357 e. The van der Waals surface area contributed by atoms with Crippen molar-refractivity contribution in [1.82, 2.24) is 15.1 Å². The Labute approximate surface area is 162 Å².